The van der Waals surface area contributed by atoms with Gasteiger partial charge in [-0.3, -0.25) is 18.5 Å². The van der Waals surface area contributed by atoms with Gasteiger partial charge in [0.05, 0.1) is 24.3 Å². The van der Waals surface area contributed by atoms with E-state index in [-0.39, 0.29) is 35.1 Å². The van der Waals surface area contributed by atoms with E-state index < -0.39 is 24.1 Å². The van der Waals surface area contributed by atoms with Crippen molar-refractivity contribution in [3.05, 3.63) is 40.3 Å². The van der Waals surface area contributed by atoms with Gasteiger partial charge < -0.3 is 13.7 Å². The second kappa shape index (κ2) is 10.4. The predicted molar refractivity (Wildman–Crippen MR) is 107 cm³/mol. The van der Waals surface area contributed by atoms with Crippen molar-refractivity contribution < 1.29 is 31.4 Å². The zero-order valence-electron chi connectivity index (χ0n) is 16.9. The van der Waals surface area contributed by atoms with E-state index in [9.17, 15) is 18.4 Å². The Balaban J connectivity index is 2.44. The summed E-state index contributed by atoms with van der Waals surface area (Å²) in [5, 5.41) is 0. The molecule has 2 rings (SSSR count). The van der Waals surface area contributed by atoms with E-state index in [1.165, 1.54) is 31.4 Å². The highest BCUT2D eigenvalue weighted by Crippen LogP contribution is 2.30. The van der Waals surface area contributed by atoms with Crippen LogP contribution in [0.15, 0.2) is 29.2 Å². The molecule has 0 amide bonds. The average molecular weight is 444 g/mol. The van der Waals surface area contributed by atoms with E-state index in [4.69, 9.17) is 17.8 Å². The van der Waals surface area contributed by atoms with Crippen LogP contribution < -0.4 is 14.5 Å². The van der Waals surface area contributed by atoms with E-state index >= 15 is 0 Å². The number of aromatic nitrogens is 2. The minimum atomic E-state index is -3.04. The Labute approximate surface area is 176 Å². The summed E-state index contributed by atoms with van der Waals surface area (Å²) in [5.41, 5.74) is -0.150. The van der Waals surface area contributed by atoms with Crippen LogP contribution in [0.2, 0.25) is 0 Å². The van der Waals surface area contributed by atoms with Crippen LogP contribution in [0.1, 0.15) is 31.1 Å². The Morgan fingerprint density at radius 1 is 1.27 bits per heavy atom. The maximum absolute atomic E-state index is 13.1. The third-order valence-electron chi connectivity index (χ3n) is 3.64. The van der Waals surface area contributed by atoms with Crippen LogP contribution >= 0.6 is 12.3 Å². The maximum atomic E-state index is 13.1. The Bertz CT molecular complexity index is 946. The summed E-state index contributed by atoms with van der Waals surface area (Å²) in [7, 11) is 1.39. The van der Waals surface area contributed by atoms with Crippen LogP contribution in [0.4, 0.5) is 8.78 Å². The SMILES string of the molecule is CCOSOc1cc(C(=O)OCC)cnc1-c1ccc(OCC(C)(F)F)n(C)c1=O. The Kier molecular flexibility index (Phi) is 8.18. The first-order valence-corrected chi connectivity index (χ1v) is 9.69. The van der Waals surface area contributed by atoms with Gasteiger partial charge in [0, 0.05) is 26.2 Å². The average Bonchev–Trinajstić information content (AvgIpc) is 2.69. The van der Waals surface area contributed by atoms with Crippen molar-refractivity contribution in [2.45, 2.75) is 26.7 Å². The lowest BCUT2D eigenvalue weighted by Crippen LogP contribution is -2.26. The fraction of sp³-hybridized carbons (Fsp3) is 0.421. The normalized spacial score (nSPS) is 11.3. The highest BCUT2D eigenvalue weighted by atomic mass is 32.2. The van der Waals surface area contributed by atoms with Crippen molar-refractivity contribution in [1.29, 1.82) is 0 Å². The third-order valence-corrected chi connectivity index (χ3v) is 4.22. The van der Waals surface area contributed by atoms with E-state index in [1.807, 2.05) is 0 Å². The van der Waals surface area contributed by atoms with E-state index in [1.54, 1.807) is 13.8 Å². The van der Waals surface area contributed by atoms with Crippen molar-refractivity contribution in [2.24, 2.45) is 7.05 Å². The topological polar surface area (TPSA) is 88.9 Å². The largest absolute Gasteiger partial charge is 0.472 e. The molecule has 164 valence electrons. The molecule has 8 nitrogen and oxygen atoms in total. The fourth-order valence-corrected chi connectivity index (χ4v) is 2.63. The summed E-state index contributed by atoms with van der Waals surface area (Å²) >= 11 is 0.664. The van der Waals surface area contributed by atoms with Gasteiger partial charge in [-0.25, -0.2) is 13.6 Å². The maximum Gasteiger partial charge on any atom is 0.339 e. The van der Waals surface area contributed by atoms with Crippen LogP contribution in [-0.4, -0.2) is 41.3 Å². The molecule has 0 spiro atoms. The van der Waals surface area contributed by atoms with Gasteiger partial charge in [0.15, 0.2) is 18.2 Å². The molecule has 0 saturated heterocycles. The number of esters is 1. The summed E-state index contributed by atoms with van der Waals surface area (Å²) in [6, 6.07) is 4.15. The second-order valence-electron chi connectivity index (χ2n) is 6.16. The molecule has 0 aliphatic carbocycles. The van der Waals surface area contributed by atoms with Gasteiger partial charge >= 0.3 is 5.97 Å². The summed E-state index contributed by atoms with van der Waals surface area (Å²) in [5.74, 6) is -3.57. The van der Waals surface area contributed by atoms with Crippen LogP contribution in [0, 0.1) is 0 Å². The highest BCUT2D eigenvalue weighted by Gasteiger charge is 2.23. The zero-order valence-corrected chi connectivity index (χ0v) is 17.8. The van der Waals surface area contributed by atoms with E-state index in [0.717, 1.165) is 4.57 Å². The number of hydrogen-bond acceptors (Lipinski definition) is 8. The summed E-state index contributed by atoms with van der Waals surface area (Å²) in [4.78, 5) is 29.0. The number of alkyl halides is 2. The van der Waals surface area contributed by atoms with Crippen LogP contribution in [0.3, 0.4) is 0 Å². The molecular formula is C19H22F2N2O6S. The van der Waals surface area contributed by atoms with Gasteiger partial charge in [-0.1, -0.05) is 0 Å². The van der Waals surface area contributed by atoms with Crippen molar-refractivity contribution in [2.75, 3.05) is 19.8 Å². The number of rotatable bonds is 10. The molecule has 11 heteroatoms. The Morgan fingerprint density at radius 2 is 2.00 bits per heavy atom. The molecule has 2 heterocycles. The molecular weight excluding hydrogens is 422 g/mol. The number of nitrogens with zero attached hydrogens (tertiary/aromatic N) is 2. The summed E-state index contributed by atoms with van der Waals surface area (Å²) in [6.07, 6.45) is 1.26. The summed E-state index contributed by atoms with van der Waals surface area (Å²) < 4.78 is 47.7. The number of hydrogen-bond donors (Lipinski definition) is 0. The molecule has 0 aliphatic heterocycles. The second-order valence-corrected chi connectivity index (χ2v) is 6.70. The van der Waals surface area contributed by atoms with Gasteiger partial charge in [-0.05, 0) is 26.0 Å². The third kappa shape index (κ3) is 6.17. The van der Waals surface area contributed by atoms with Crippen LogP contribution in [0.25, 0.3) is 11.3 Å². The fourth-order valence-electron chi connectivity index (χ4n) is 2.29. The molecule has 0 aliphatic rings. The molecule has 0 unspecified atom stereocenters. The minimum Gasteiger partial charge on any atom is -0.472 e. The molecule has 0 saturated carbocycles. The molecule has 0 radical (unpaired) electrons. The highest BCUT2D eigenvalue weighted by molar-refractivity contribution is 7.90. The Morgan fingerprint density at radius 3 is 2.63 bits per heavy atom. The van der Waals surface area contributed by atoms with Crippen molar-refractivity contribution in [3.63, 3.8) is 0 Å². The molecule has 0 N–H and O–H groups in total. The first kappa shape index (κ1) is 23.6. The van der Waals surface area contributed by atoms with Crippen LogP contribution in [-0.2, 0) is 16.0 Å². The quantitative estimate of drug-likeness (QED) is 0.312. The van der Waals surface area contributed by atoms with E-state index in [0.29, 0.717) is 25.9 Å². The number of pyridine rings is 2. The molecule has 2 aromatic heterocycles. The number of carbonyl (C=O) groups excluding carboxylic acids is 1. The van der Waals surface area contributed by atoms with Gasteiger partial charge in [0.25, 0.3) is 11.5 Å². The van der Waals surface area contributed by atoms with Crippen LogP contribution in [0.5, 0.6) is 11.6 Å². The molecule has 0 bridgehead atoms. The number of halogens is 2. The molecule has 0 atom stereocenters. The van der Waals surface area contributed by atoms with Crippen molar-refractivity contribution in [1.82, 2.24) is 9.55 Å². The molecule has 0 fully saturated rings. The van der Waals surface area contributed by atoms with E-state index in [2.05, 4.69) is 4.98 Å². The lowest BCUT2D eigenvalue weighted by atomic mass is 10.1. The Hall–Kier alpha value is -2.66. The first-order valence-electron chi connectivity index (χ1n) is 9.02. The monoisotopic (exact) mass is 444 g/mol. The van der Waals surface area contributed by atoms with Gasteiger partial charge in [0.1, 0.15) is 5.69 Å². The first-order chi connectivity index (χ1) is 14.2. The molecule has 30 heavy (non-hydrogen) atoms. The van der Waals surface area contributed by atoms with Crippen molar-refractivity contribution >= 4 is 18.3 Å². The molecule has 0 aromatic carbocycles. The van der Waals surface area contributed by atoms with Gasteiger partial charge in [-0.15, -0.1) is 0 Å². The van der Waals surface area contributed by atoms with Crippen molar-refractivity contribution in [3.8, 4) is 22.9 Å². The smallest absolute Gasteiger partial charge is 0.339 e. The lowest BCUT2D eigenvalue weighted by molar-refractivity contribution is -0.0252. The number of carbonyl (C=O) groups is 1. The molecule has 2 aromatic rings. The predicted octanol–water partition coefficient (Wildman–Crippen LogP) is 3.64. The lowest BCUT2D eigenvalue weighted by Gasteiger charge is -2.15. The minimum absolute atomic E-state index is 0.0282. The number of ether oxygens (including phenoxy) is 2. The standard InChI is InChI=1S/C19H22F2N2O6S/c1-5-26-18(25)12-9-14(29-30-28-6-2)16(22-10-12)13-7-8-15(23(4)17(13)24)27-11-19(3,20)21/h7-10H,5-6,11H2,1-4H3. The summed E-state index contributed by atoms with van der Waals surface area (Å²) in [6.45, 7) is 3.83. The van der Waals surface area contributed by atoms with Gasteiger partial charge in [-0.2, -0.15) is 0 Å². The van der Waals surface area contributed by atoms with Gasteiger partial charge in [0.2, 0.25) is 12.3 Å². The zero-order chi connectivity index (χ0) is 22.3.